The maximum Gasteiger partial charge on any atom is 0.152 e. The average molecular weight is 267 g/mol. The largest absolute Gasteiger partial charge is 0.380 e. The zero-order valence-electron chi connectivity index (χ0n) is 11.4. The van der Waals surface area contributed by atoms with Gasteiger partial charge in [0.1, 0.15) is 0 Å². The zero-order valence-corrected chi connectivity index (χ0v) is 12.1. The third kappa shape index (κ3) is 3.61. The highest BCUT2D eigenvalue weighted by molar-refractivity contribution is 6.31. The minimum atomic E-state index is 0.558. The maximum atomic E-state index is 6.14. The van der Waals surface area contributed by atoms with Gasteiger partial charge < -0.3 is 5.32 Å². The predicted molar refractivity (Wildman–Crippen MR) is 78.3 cm³/mol. The van der Waals surface area contributed by atoms with E-state index >= 15 is 0 Å². The van der Waals surface area contributed by atoms with Gasteiger partial charge in [-0.1, -0.05) is 37.8 Å². The lowest BCUT2D eigenvalue weighted by molar-refractivity contribution is 0.444. The SMILES string of the molecule is CCC1CCCC(Nc2cc(C)cnc2Cl)CC1. The van der Waals surface area contributed by atoms with Gasteiger partial charge in [0.25, 0.3) is 0 Å². The van der Waals surface area contributed by atoms with Gasteiger partial charge >= 0.3 is 0 Å². The Labute approximate surface area is 115 Å². The molecule has 1 aliphatic rings. The number of hydrogen-bond acceptors (Lipinski definition) is 2. The van der Waals surface area contributed by atoms with Gasteiger partial charge in [0, 0.05) is 12.2 Å². The van der Waals surface area contributed by atoms with E-state index in [-0.39, 0.29) is 0 Å². The Morgan fingerprint density at radius 3 is 2.94 bits per heavy atom. The fraction of sp³-hybridized carbons (Fsp3) is 0.667. The van der Waals surface area contributed by atoms with Crippen LogP contribution in [0, 0.1) is 12.8 Å². The lowest BCUT2D eigenvalue weighted by Crippen LogP contribution is -2.19. The molecular weight excluding hydrogens is 244 g/mol. The quantitative estimate of drug-likeness (QED) is 0.627. The molecule has 0 aromatic carbocycles. The first-order chi connectivity index (χ1) is 8.69. The Morgan fingerprint density at radius 2 is 2.17 bits per heavy atom. The van der Waals surface area contributed by atoms with Crippen LogP contribution in [0.25, 0.3) is 0 Å². The molecule has 1 heterocycles. The molecule has 0 bridgehead atoms. The highest BCUT2D eigenvalue weighted by Gasteiger charge is 2.18. The van der Waals surface area contributed by atoms with Gasteiger partial charge in [-0.3, -0.25) is 0 Å². The molecule has 0 amide bonds. The van der Waals surface area contributed by atoms with Gasteiger partial charge in [0.2, 0.25) is 0 Å². The molecule has 2 nitrogen and oxygen atoms in total. The summed E-state index contributed by atoms with van der Waals surface area (Å²) in [6.45, 7) is 4.36. The molecule has 0 saturated heterocycles. The van der Waals surface area contributed by atoms with Crippen molar-refractivity contribution in [3.05, 3.63) is 23.0 Å². The van der Waals surface area contributed by atoms with E-state index in [9.17, 15) is 0 Å². The molecule has 2 rings (SSSR count). The maximum absolute atomic E-state index is 6.14. The van der Waals surface area contributed by atoms with Crippen LogP contribution in [0.15, 0.2) is 12.3 Å². The molecule has 2 atom stereocenters. The van der Waals surface area contributed by atoms with Crippen molar-refractivity contribution in [2.75, 3.05) is 5.32 Å². The smallest absolute Gasteiger partial charge is 0.152 e. The van der Waals surface area contributed by atoms with E-state index in [4.69, 9.17) is 11.6 Å². The fourth-order valence-electron chi connectivity index (χ4n) is 2.80. The second-order valence-corrected chi connectivity index (χ2v) is 5.83. The van der Waals surface area contributed by atoms with Crippen LogP contribution in [0.1, 0.15) is 51.0 Å². The minimum Gasteiger partial charge on any atom is -0.380 e. The molecule has 1 N–H and O–H groups in total. The molecule has 3 heteroatoms. The monoisotopic (exact) mass is 266 g/mol. The minimum absolute atomic E-state index is 0.558. The summed E-state index contributed by atoms with van der Waals surface area (Å²) >= 11 is 6.14. The van der Waals surface area contributed by atoms with Gasteiger partial charge in [-0.15, -0.1) is 0 Å². The topological polar surface area (TPSA) is 24.9 Å². The van der Waals surface area contributed by atoms with Crippen molar-refractivity contribution in [3.8, 4) is 0 Å². The Bertz CT molecular complexity index is 392. The van der Waals surface area contributed by atoms with Crippen LogP contribution in [-0.2, 0) is 0 Å². The van der Waals surface area contributed by atoms with E-state index in [1.807, 2.05) is 6.20 Å². The number of nitrogens with zero attached hydrogens (tertiary/aromatic N) is 1. The standard InChI is InChI=1S/C15H23ClN2/c1-3-12-5-4-6-13(8-7-12)18-14-9-11(2)10-17-15(14)16/h9-10,12-13,18H,3-8H2,1-2H3. The Morgan fingerprint density at radius 1 is 1.33 bits per heavy atom. The van der Waals surface area contributed by atoms with Gasteiger partial charge in [-0.05, 0) is 43.7 Å². The number of aryl methyl sites for hydroxylation is 1. The van der Waals surface area contributed by atoms with Crippen LogP contribution in [0.4, 0.5) is 5.69 Å². The number of anilines is 1. The summed E-state index contributed by atoms with van der Waals surface area (Å²) in [5, 5.41) is 4.17. The predicted octanol–water partition coefficient (Wildman–Crippen LogP) is 4.81. The number of halogens is 1. The lowest BCUT2D eigenvalue weighted by Gasteiger charge is -2.18. The first kappa shape index (κ1) is 13.7. The van der Waals surface area contributed by atoms with Gasteiger partial charge in [0.15, 0.2) is 5.15 Å². The lowest BCUT2D eigenvalue weighted by atomic mass is 9.98. The second kappa shape index (κ2) is 6.42. The van der Waals surface area contributed by atoms with Crippen LogP contribution in [-0.4, -0.2) is 11.0 Å². The van der Waals surface area contributed by atoms with Crippen LogP contribution in [0.3, 0.4) is 0 Å². The number of aromatic nitrogens is 1. The fourth-order valence-corrected chi connectivity index (χ4v) is 2.96. The number of hydrogen-bond donors (Lipinski definition) is 1. The second-order valence-electron chi connectivity index (χ2n) is 5.47. The van der Waals surface area contributed by atoms with Gasteiger partial charge in [-0.2, -0.15) is 0 Å². The highest BCUT2D eigenvalue weighted by atomic mass is 35.5. The summed E-state index contributed by atoms with van der Waals surface area (Å²) in [5.74, 6) is 0.919. The molecule has 18 heavy (non-hydrogen) atoms. The van der Waals surface area contributed by atoms with Crippen LogP contribution in [0.2, 0.25) is 5.15 Å². The van der Waals surface area contributed by atoms with E-state index in [0.29, 0.717) is 11.2 Å². The van der Waals surface area contributed by atoms with Crippen molar-refractivity contribution in [1.29, 1.82) is 0 Å². The number of rotatable bonds is 3. The molecule has 0 spiro atoms. The third-order valence-corrected chi connectivity index (χ3v) is 4.30. The Balaban J connectivity index is 1.98. The van der Waals surface area contributed by atoms with Crippen LogP contribution < -0.4 is 5.32 Å². The summed E-state index contributed by atoms with van der Waals surface area (Å²) in [4.78, 5) is 4.20. The van der Waals surface area contributed by atoms with Crippen molar-refractivity contribution in [1.82, 2.24) is 4.98 Å². The number of pyridine rings is 1. The Hall–Kier alpha value is -0.760. The summed E-state index contributed by atoms with van der Waals surface area (Å²) in [5.41, 5.74) is 2.15. The normalized spacial score (nSPS) is 24.6. The first-order valence-electron chi connectivity index (χ1n) is 7.07. The highest BCUT2D eigenvalue weighted by Crippen LogP contribution is 2.29. The average Bonchev–Trinajstić information content (AvgIpc) is 2.59. The van der Waals surface area contributed by atoms with Crippen molar-refractivity contribution < 1.29 is 0 Å². The van der Waals surface area contributed by atoms with E-state index < -0.39 is 0 Å². The molecule has 2 unspecified atom stereocenters. The van der Waals surface area contributed by atoms with E-state index in [0.717, 1.165) is 17.2 Å². The van der Waals surface area contributed by atoms with E-state index in [1.165, 1.54) is 38.5 Å². The summed E-state index contributed by atoms with van der Waals surface area (Å²) in [7, 11) is 0. The molecule has 1 aromatic rings. The van der Waals surface area contributed by atoms with Gasteiger partial charge in [-0.25, -0.2) is 4.98 Å². The van der Waals surface area contributed by atoms with E-state index in [2.05, 4.69) is 30.2 Å². The molecule has 100 valence electrons. The van der Waals surface area contributed by atoms with Crippen molar-refractivity contribution in [2.45, 2.75) is 58.4 Å². The zero-order chi connectivity index (χ0) is 13.0. The molecule has 0 aliphatic heterocycles. The van der Waals surface area contributed by atoms with Crippen molar-refractivity contribution in [2.24, 2.45) is 5.92 Å². The molecule has 1 saturated carbocycles. The summed E-state index contributed by atoms with van der Waals surface area (Å²) < 4.78 is 0. The van der Waals surface area contributed by atoms with E-state index in [1.54, 1.807) is 0 Å². The van der Waals surface area contributed by atoms with Crippen LogP contribution >= 0.6 is 11.6 Å². The molecule has 1 aliphatic carbocycles. The summed E-state index contributed by atoms with van der Waals surface area (Å²) in [6, 6.07) is 2.65. The van der Waals surface area contributed by atoms with Crippen LogP contribution in [0.5, 0.6) is 0 Å². The first-order valence-corrected chi connectivity index (χ1v) is 7.45. The van der Waals surface area contributed by atoms with Gasteiger partial charge in [0.05, 0.1) is 5.69 Å². The van der Waals surface area contributed by atoms with Crippen molar-refractivity contribution >= 4 is 17.3 Å². The third-order valence-electron chi connectivity index (χ3n) is 4.00. The molecule has 1 fully saturated rings. The molecule has 1 aromatic heterocycles. The Kier molecular flexibility index (Phi) is 4.87. The number of nitrogens with one attached hydrogen (secondary N) is 1. The van der Waals surface area contributed by atoms with Crippen molar-refractivity contribution in [3.63, 3.8) is 0 Å². The molecular formula is C15H23ClN2. The summed E-state index contributed by atoms with van der Waals surface area (Å²) in [6.07, 6.45) is 9.68. The molecule has 0 radical (unpaired) electrons.